The summed E-state index contributed by atoms with van der Waals surface area (Å²) in [5.74, 6) is 0.0164. The zero-order valence-electron chi connectivity index (χ0n) is 16.1. The van der Waals surface area contributed by atoms with Crippen LogP contribution in [0.5, 0.6) is 0 Å². The average molecular weight is 353 g/mol. The first kappa shape index (κ1) is 21.5. The molecule has 0 aromatic heterocycles. The van der Waals surface area contributed by atoms with E-state index >= 15 is 0 Å². The van der Waals surface area contributed by atoms with Crippen molar-refractivity contribution in [1.82, 2.24) is 0 Å². The molecule has 3 nitrogen and oxygen atoms in total. The Morgan fingerprint density at radius 2 is 2.04 bits per heavy atom. The van der Waals surface area contributed by atoms with Crippen molar-refractivity contribution < 1.29 is 4.39 Å². The Morgan fingerprint density at radius 1 is 1.35 bits per heavy atom. The minimum atomic E-state index is -0.194. The van der Waals surface area contributed by atoms with E-state index in [1.165, 1.54) is 0 Å². The summed E-state index contributed by atoms with van der Waals surface area (Å²) >= 11 is 0. The molecule has 0 heterocycles. The second-order valence-electron chi connectivity index (χ2n) is 6.49. The van der Waals surface area contributed by atoms with Crippen LogP contribution in [0, 0.1) is 17.2 Å². The molecule has 0 N–H and O–H groups in total. The normalized spacial score (nSPS) is 16.5. The molecule has 0 fully saturated rings. The molecule has 0 bridgehead atoms. The van der Waals surface area contributed by atoms with Crippen LogP contribution in [-0.2, 0) is 0 Å². The Morgan fingerprint density at radius 3 is 2.62 bits per heavy atom. The molecule has 1 aliphatic carbocycles. The van der Waals surface area contributed by atoms with Crippen LogP contribution in [0.4, 0.5) is 4.39 Å². The van der Waals surface area contributed by atoms with Crippen LogP contribution >= 0.6 is 0 Å². The lowest BCUT2D eigenvalue weighted by Crippen LogP contribution is -2.00. The Bertz CT molecular complexity index is 725. The SMILES string of the molecule is C=N/C(=C\N=CCC(=C)C#N)C1=C(/C(=C/C(F)=C\CC)C(C)C)CCC1. The minimum Gasteiger partial charge on any atom is -0.266 e. The number of allylic oxidation sites excluding steroid dienone is 7. The van der Waals surface area contributed by atoms with E-state index in [0.717, 1.165) is 36.0 Å². The van der Waals surface area contributed by atoms with Gasteiger partial charge in [0.15, 0.2) is 0 Å². The van der Waals surface area contributed by atoms with Crippen molar-refractivity contribution in [2.75, 3.05) is 0 Å². The molecule has 26 heavy (non-hydrogen) atoms. The van der Waals surface area contributed by atoms with Gasteiger partial charge in [0.2, 0.25) is 0 Å². The third-order valence-corrected chi connectivity index (χ3v) is 4.16. The van der Waals surface area contributed by atoms with Gasteiger partial charge in [-0.25, -0.2) is 4.39 Å². The summed E-state index contributed by atoms with van der Waals surface area (Å²) < 4.78 is 14.1. The molecular weight excluding hydrogens is 325 g/mol. The van der Waals surface area contributed by atoms with E-state index in [1.807, 2.05) is 13.0 Å². The van der Waals surface area contributed by atoms with E-state index in [-0.39, 0.29) is 11.7 Å². The summed E-state index contributed by atoms with van der Waals surface area (Å²) in [6.07, 6.45) is 10.4. The number of aliphatic imine (C=N–C) groups is 2. The van der Waals surface area contributed by atoms with E-state index in [9.17, 15) is 4.39 Å². The van der Waals surface area contributed by atoms with Gasteiger partial charge in [-0.05, 0) is 67.2 Å². The minimum absolute atomic E-state index is 0.194. The van der Waals surface area contributed by atoms with Crippen molar-refractivity contribution >= 4 is 12.9 Å². The monoisotopic (exact) mass is 353 g/mol. The van der Waals surface area contributed by atoms with Gasteiger partial charge in [0.25, 0.3) is 0 Å². The van der Waals surface area contributed by atoms with Gasteiger partial charge in [-0.1, -0.05) is 27.4 Å². The first-order chi connectivity index (χ1) is 12.4. The van der Waals surface area contributed by atoms with Crippen LogP contribution in [0.2, 0.25) is 0 Å². The third-order valence-electron chi connectivity index (χ3n) is 4.16. The van der Waals surface area contributed by atoms with Crippen LogP contribution in [0.25, 0.3) is 0 Å². The molecule has 0 amide bonds. The molecule has 1 aliphatic rings. The number of rotatable bonds is 9. The molecule has 0 spiro atoms. The lowest BCUT2D eigenvalue weighted by molar-refractivity contribution is 0.652. The summed E-state index contributed by atoms with van der Waals surface area (Å²) in [5.41, 5.74) is 4.41. The topological polar surface area (TPSA) is 48.5 Å². The number of hydrogen-bond acceptors (Lipinski definition) is 3. The molecule has 0 saturated heterocycles. The summed E-state index contributed by atoms with van der Waals surface area (Å²) in [6.45, 7) is 13.4. The van der Waals surface area contributed by atoms with Crippen LogP contribution in [0.1, 0.15) is 52.9 Å². The maximum Gasteiger partial charge on any atom is 0.119 e. The molecule has 0 saturated carbocycles. The second kappa shape index (κ2) is 11.1. The summed E-state index contributed by atoms with van der Waals surface area (Å²) in [7, 11) is 0. The van der Waals surface area contributed by atoms with Gasteiger partial charge in [-0.3, -0.25) is 9.98 Å². The van der Waals surface area contributed by atoms with Gasteiger partial charge in [-0.15, -0.1) is 0 Å². The fraction of sp³-hybridized carbons (Fsp3) is 0.409. The Kier molecular flexibility index (Phi) is 9.22. The van der Waals surface area contributed by atoms with Crippen molar-refractivity contribution in [2.45, 2.75) is 52.9 Å². The first-order valence-corrected chi connectivity index (χ1v) is 9.00. The predicted octanol–water partition coefficient (Wildman–Crippen LogP) is 6.40. The van der Waals surface area contributed by atoms with Gasteiger partial charge in [0.1, 0.15) is 5.83 Å². The molecule has 138 valence electrons. The number of halogens is 1. The molecule has 0 aliphatic heterocycles. The van der Waals surface area contributed by atoms with Gasteiger partial charge in [0, 0.05) is 18.2 Å². The zero-order chi connectivity index (χ0) is 19.5. The Balaban J connectivity index is 3.23. The molecule has 4 heteroatoms. The molecule has 0 atom stereocenters. The van der Waals surface area contributed by atoms with Crippen LogP contribution < -0.4 is 0 Å². The highest BCUT2D eigenvalue weighted by Crippen LogP contribution is 2.39. The van der Waals surface area contributed by atoms with E-state index in [1.54, 1.807) is 24.6 Å². The highest BCUT2D eigenvalue weighted by molar-refractivity contribution is 5.63. The lowest BCUT2D eigenvalue weighted by Gasteiger charge is -2.15. The van der Waals surface area contributed by atoms with Gasteiger partial charge in [0.05, 0.1) is 18.0 Å². The average Bonchev–Trinajstić information content (AvgIpc) is 3.08. The molecule has 0 radical (unpaired) electrons. The zero-order valence-corrected chi connectivity index (χ0v) is 16.1. The third kappa shape index (κ3) is 6.40. The largest absolute Gasteiger partial charge is 0.266 e. The Hall–Kier alpha value is -2.54. The summed E-state index contributed by atoms with van der Waals surface area (Å²) in [6, 6.07) is 1.99. The second-order valence-corrected chi connectivity index (χ2v) is 6.49. The summed E-state index contributed by atoms with van der Waals surface area (Å²) in [4.78, 5) is 8.36. The highest BCUT2D eigenvalue weighted by Gasteiger charge is 2.22. The standard InChI is InChI=1S/C22H28FN3/c1-6-8-18(23)13-21(16(2)3)19-9-7-10-20(19)22(25-5)15-26-12-11-17(4)14-24/h8,12-13,15-16H,4-7,9-11H2,1-3H3/b18-8+,21-13+,22-15-,26-12?. The maximum atomic E-state index is 14.1. The molecule has 0 aromatic carbocycles. The molecule has 0 aromatic rings. The van der Waals surface area contributed by atoms with E-state index in [4.69, 9.17) is 5.26 Å². The van der Waals surface area contributed by atoms with Gasteiger partial charge < -0.3 is 0 Å². The van der Waals surface area contributed by atoms with Gasteiger partial charge >= 0.3 is 0 Å². The molecule has 0 unspecified atom stereocenters. The molecular formula is C22H28FN3. The number of nitriles is 1. The van der Waals surface area contributed by atoms with Gasteiger partial charge in [-0.2, -0.15) is 5.26 Å². The lowest BCUT2D eigenvalue weighted by atomic mass is 9.91. The smallest absolute Gasteiger partial charge is 0.119 e. The van der Waals surface area contributed by atoms with Crippen molar-refractivity contribution in [1.29, 1.82) is 5.26 Å². The fourth-order valence-corrected chi connectivity index (χ4v) is 2.90. The van der Waals surface area contributed by atoms with Crippen molar-refractivity contribution in [3.05, 3.63) is 58.7 Å². The van der Waals surface area contributed by atoms with Crippen molar-refractivity contribution in [3.8, 4) is 6.07 Å². The fourth-order valence-electron chi connectivity index (χ4n) is 2.90. The first-order valence-electron chi connectivity index (χ1n) is 9.00. The quantitative estimate of drug-likeness (QED) is 0.269. The van der Waals surface area contributed by atoms with Crippen molar-refractivity contribution in [3.63, 3.8) is 0 Å². The van der Waals surface area contributed by atoms with Crippen LogP contribution in [0.15, 0.2) is 68.7 Å². The number of nitrogens with zero attached hydrogens (tertiary/aromatic N) is 3. The predicted molar refractivity (Wildman–Crippen MR) is 109 cm³/mol. The Labute approximate surface area is 156 Å². The van der Waals surface area contributed by atoms with Crippen molar-refractivity contribution in [2.24, 2.45) is 15.9 Å². The maximum absolute atomic E-state index is 14.1. The van der Waals surface area contributed by atoms with Crippen LogP contribution in [0.3, 0.4) is 0 Å². The van der Waals surface area contributed by atoms with E-state index in [2.05, 4.69) is 37.1 Å². The number of hydrogen-bond donors (Lipinski definition) is 0. The molecule has 1 rings (SSSR count). The van der Waals surface area contributed by atoms with E-state index < -0.39 is 0 Å². The summed E-state index contributed by atoms with van der Waals surface area (Å²) in [5, 5.41) is 8.72. The van der Waals surface area contributed by atoms with E-state index in [0.29, 0.717) is 24.1 Å². The van der Waals surface area contributed by atoms with Crippen LogP contribution in [-0.4, -0.2) is 12.9 Å². The highest BCUT2D eigenvalue weighted by atomic mass is 19.1.